The zero-order valence-electron chi connectivity index (χ0n) is 10.8. The summed E-state index contributed by atoms with van der Waals surface area (Å²) in [5, 5.41) is 0. The lowest BCUT2D eigenvalue weighted by Gasteiger charge is -2.15. The van der Waals surface area contributed by atoms with Gasteiger partial charge in [0.1, 0.15) is 12.4 Å². The Morgan fingerprint density at radius 3 is 2.72 bits per heavy atom. The van der Waals surface area contributed by atoms with Crippen LogP contribution in [-0.4, -0.2) is 38.2 Å². The summed E-state index contributed by atoms with van der Waals surface area (Å²) in [7, 11) is -3.01. The number of nitrogens with zero attached hydrogens (tertiary/aromatic N) is 1. The Morgan fingerprint density at radius 2 is 2.11 bits per heavy atom. The lowest BCUT2D eigenvalue weighted by Crippen LogP contribution is -2.30. The second kappa shape index (κ2) is 5.28. The molecular formula is C13H19NO3S. The third-order valence-electron chi connectivity index (χ3n) is 3.13. The van der Waals surface area contributed by atoms with Crippen molar-refractivity contribution in [3.63, 3.8) is 0 Å². The van der Waals surface area contributed by atoms with Crippen molar-refractivity contribution in [2.24, 2.45) is 0 Å². The first kappa shape index (κ1) is 13.4. The first-order chi connectivity index (χ1) is 8.49. The molecule has 0 bridgehead atoms. The molecule has 0 N–H and O–H groups in total. The Balaban J connectivity index is 1.89. The summed E-state index contributed by atoms with van der Waals surface area (Å²) in [6, 6.07) is 5.99. The number of hydrogen-bond acceptors (Lipinski definition) is 3. The molecular weight excluding hydrogens is 250 g/mol. The molecule has 1 aliphatic heterocycles. The second-order valence-electron chi connectivity index (χ2n) is 4.69. The summed E-state index contributed by atoms with van der Waals surface area (Å²) in [6.45, 7) is 5.50. The standard InChI is InChI=1S/C13H19NO3S/c1-11-4-5-13(12(2)10-11)17-8-7-14-6-3-9-18(14,15)16/h4-5,10H,3,6-9H2,1-2H3. The van der Waals surface area contributed by atoms with Gasteiger partial charge in [-0.05, 0) is 31.9 Å². The van der Waals surface area contributed by atoms with Gasteiger partial charge in [0, 0.05) is 13.1 Å². The van der Waals surface area contributed by atoms with Gasteiger partial charge in [-0.15, -0.1) is 0 Å². The molecule has 100 valence electrons. The van der Waals surface area contributed by atoms with Gasteiger partial charge in [-0.25, -0.2) is 8.42 Å². The second-order valence-corrected chi connectivity index (χ2v) is 6.77. The molecule has 1 aromatic rings. The van der Waals surface area contributed by atoms with Gasteiger partial charge in [-0.1, -0.05) is 17.7 Å². The van der Waals surface area contributed by atoms with Gasteiger partial charge >= 0.3 is 0 Å². The van der Waals surface area contributed by atoms with E-state index in [4.69, 9.17) is 4.74 Å². The minimum atomic E-state index is -3.01. The number of hydrogen-bond donors (Lipinski definition) is 0. The first-order valence-corrected chi connectivity index (χ1v) is 7.78. The zero-order valence-corrected chi connectivity index (χ0v) is 11.7. The minimum absolute atomic E-state index is 0.274. The van der Waals surface area contributed by atoms with E-state index in [1.165, 1.54) is 9.87 Å². The van der Waals surface area contributed by atoms with E-state index < -0.39 is 10.0 Å². The van der Waals surface area contributed by atoms with E-state index in [2.05, 4.69) is 6.07 Å². The van der Waals surface area contributed by atoms with E-state index in [0.29, 0.717) is 19.7 Å². The van der Waals surface area contributed by atoms with Crippen molar-refractivity contribution in [3.05, 3.63) is 29.3 Å². The first-order valence-electron chi connectivity index (χ1n) is 6.17. The highest BCUT2D eigenvalue weighted by Crippen LogP contribution is 2.19. The van der Waals surface area contributed by atoms with Crippen molar-refractivity contribution in [1.82, 2.24) is 4.31 Å². The lowest BCUT2D eigenvalue weighted by atomic mass is 10.1. The largest absolute Gasteiger partial charge is 0.492 e. The maximum absolute atomic E-state index is 11.6. The average Bonchev–Trinajstić information content (AvgIpc) is 2.61. The molecule has 1 fully saturated rings. The van der Waals surface area contributed by atoms with Crippen molar-refractivity contribution in [3.8, 4) is 5.75 Å². The quantitative estimate of drug-likeness (QED) is 0.836. The van der Waals surface area contributed by atoms with Crippen LogP contribution < -0.4 is 4.74 Å². The monoisotopic (exact) mass is 269 g/mol. The van der Waals surface area contributed by atoms with Gasteiger partial charge in [0.25, 0.3) is 0 Å². The molecule has 0 saturated carbocycles. The maximum Gasteiger partial charge on any atom is 0.214 e. The highest BCUT2D eigenvalue weighted by Gasteiger charge is 2.27. The molecule has 2 rings (SSSR count). The van der Waals surface area contributed by atoms with Crippen LogP contribution in [0.1, 0.15) is 17.5 Å². The molecule has 5 heteroatoms. The zero-order chi connectivity index (χ0) is 13.2. The van der Waals surface area contributed by atoms with Gasteiger partial charge in [-0.3, -0.25) is 0 Å². The van der Waals surface area contributed by atoms with Crippen molar-refractivity contribution >= 4 is 10.0 Å². The van der Waals surface area contributed by atoms with Crippen LogP contribution in [0.15, 0.2) is 18.2 Å². The number of ether oxygens (including phenoxy) is 1. The molecule has 0 aromatic heterocycles. The number of benzene rings is 1. The number of rotatable bonds is 4. The van der Waals surface area contributed by atoms with Gasteiger partial charge in [0.05, 0.1) is 5.75 Å². The van der Waals surface area contributed by atoms with Crippen molar-refractivity contribution in [2.75, 3.05) is 25.4 Å². The fourth-order valence-corrected chi connectivity index (χ4v) is 3.67. The van der Waals surface area contributed by atoms with E-state index in [1.54, 1.807) is 0 Å². The van der Waals surface area contributed by atoms with E-state index in [-0.39, 0.29) is 5.75 Å². The molecule has 4 nitrogen and oxygen atoms in total. The van der Waals surface area contributed by atoms with Gasteiger partial charge < -0.3 is 4.74 Å². The Hall–Kier alpha value is -1.07. The maximum atomic E-state index is 11.6. The molecule has 0 unspecified atom stereocenters. The molecule has 0 aliphatic carbocycles. The van der Waals surface area contributed by atoms with Crippen LogP contribution in [0.4, 0.5) is 0 Å². The van der Waals surface area contributed by atoms with Crippen molar-refractivity contribution < 1.29 is 13.2 Å². The number of sulfonamides is 1. The molecule has 1 heterocycles. The van der Waals surface area contributed by atoms with Gasteiger partial charge in [-0.2, -0.15) is 4.31 Å². The molecule has 0 spiro atoms. The Bertz CT molecular complexity index is 525. The lowest BCUT2D eigenvalue weighted by molar-refractivity contribution is 0.277. The van der Waals surface area contributed by atoms with E-state index in [1.807, 2.05) is 26.0 Å². The van der Waals surface area contributed by atoms with E-state index >= 15 is 0 Å². The minimum Gasteiger partial charge on any atom is -0.492 e. The Morgan fingerprint density at radius 1 is 1.33 bits per heavy atom. The molecule has 18 heavy (non-hydrogen) atoms. The van der Waals surface area contributed by atoms with Gasteiger partial charge in [0.2, 0.25) is 10.0 Å². The molecule has 1 saturated heterocycles. The predicted molar refractivity (Wildman–Crippen MR) is 71.4 cm³/mol. The molecule has 1 aliphatic rings. The highest BCUT2D eigenvalue weighted by molar-refractivity contribution is 7.89. The Kier molecular flexibility index (Phi) is 3.92. The fourth-order valence-electron chi connectivity index (χ4n) is 2.16. The van der Waals surface area contributed by atoms with Crippen molar-refractivity contribution in [1.29, 1.82) is 0 Å². The normalized spacial score (nSPS) is 19.0. The van der Waals surface area contributed by atoms with E-state index in [9.17, 15) is 8.42 Å². The molecule has 0 atom stereocenters. The summed E-state index contributed by atoms with van der Waals surface area (Å²) in [5.41, 5.74) is 2.28. The van der Waals surface area contributed by atoms with Crippen LogP contribution in [0.2, 0.25) is 0 Å². The van der Waals surface area contributed by atoms with Crippen LogP contribution in [0.5, 0.6) is 5.75 Å². The topological polar surface area (TPSA) is 46.6 Å². The van der Waals surface area contributed by atoms with Crippen molar-refractivity contribution in [2.45, 2.75) is 20.3 Å². The van der Waals surface area contributed by atoms with Crippen LogP contribution in [0.3, 0.4) is 0 Å². The molecule has 0 radical (unpaired) electrons. The summed E-state index contributed by atoms with van der Waals surface area (Å²) in [4.78, 5) is 0. The Labute approximate surface area is 109 Å². The third-order valence-corrected chi connectivity index (χ3v) is 5.09. The van der Waals surface area contributed by atoms with E-state index in [0.717, 1.165) is 17.7 Å². The smallest absolute Gasteiger partial charge is 0.214 e. The van der Waals surface area contributed by atoms with Crippen LogP contribution >= 0.6 is 0 Å². The highest BCUT2D eigenvalue weighted by atomic mass is 32.2. The SMILES string of the molecule is Cc1ccc(OCCN2CCCS2(=O)=O)c(C)c1. The summed E-state index contributed by atoms with van der Waals surface area (Å²) >= 11 is 0. The predicted octanol–water partition coefficient (Wildman–Crippen LogP) is 1.72. The fraction of sp³-hybridized carbons (Fsp3) is 0.538. The number of aryl methyl sites for hydroxylation is 2. The summed E-state index contributed by atoms with van der Waals surface area (Å²) in [5.74, 6) is 1.11. The summed E-state index contributed by atoms with van der Waals surface area (Å²) < 4.78 is 30.3. The van der Waals surface area contributed by atoms with Crippen LogP contribution in [0.25, 0.3) is 0 Å². The van der Waals surface area contributed by atoms with Crippen LogP contribution in [0, 0.1) is 13.8 Å². The molecule has 1 aromatic carbocycles. The molecule has 0 amide bonds. The summed E-state index contributed by atoms with van der Waals surface area (Å²) in [6.07, 6.45) is 0.728. The van der Waals surface area contributed by atoms with Gasteiger partial charge in [0.15, 0.2) is 0 Å². The average molecular weight is 269 g/mol. The van der Waals surface area contributed by atoms with Crippen LogP contribution in [-0.2, 0) is 10.0 Å². The third kappa shape index (κ3) is 3.03.